The van der Waals surface area contributed by atoms with E-state index in [2.05, 4.69) is 15.0 Å². The van der Waals surface area contributed by atoms with Gasteiger partial charge in [-0.15, -0.1) is 11.3 Å². The second-order valence-electron chi connectivity index (χ2n) is 5.28. The number of nitrogens with one attached hydrogen (secondary N) is 2. The Labute approximate surface area is 125 Å². The Morgan fingerprint density at radius 2 is 2.35 bits per heavy atom. The Balaban J connectivity index is 1.67. The second kappa shape index (κ2) is 7.49. The first-order chi connectivity index (χ1) is 9.55. The molecule has 0 amide bonds. The summed E-state index contributed by atoms with van der Waals surface area (Å²) in [6, 6.07) is 0.363. The highest BCUT2D eigenvalue weighted by molar-refractivity contribution is 7.89. The molecule has 114 valence electrons. The minimum Gasteiger partial charge on any atom is -0.314 e. The fourth-order valence-corrected chi connectivity index (χ4v) is 4.30. The largest absolute Gasteiger partial charge is 0.314 e. The maximum Gasteiger partial charge on any atom is 0.211 e. The minimum atomic E-state index is -3.16. The summed E-state index contributed by atoms with van der Waals surface area (Å²) < 4.78 is 26.5. The van der Waals surface area contributed by atoms with Gasteiger partial charge < -0.3 is 5.32 Å². The molecular weight excluding hydrogens is 294 g/mol. The lowest BCUT2D eigenvalue weighted by atomic mass is 10.0. The highest BCUT2D eigenvalue weighted by Gasteiger charge is 2.17. The van der Waals surface area contributed by atoms with E-state index < -0.39 is 10.0 Å². The smallest absolute Gasteiger partial charge is 0.211 e. The molecule has 1 aliphatic heterocycles. The van der Waals surface area contributed by atoms with E-state index in [9.17, 15) is 8.42 Å². The summed E-state index contributed by atoms with van der Waals surface area (Å²) in [4.78, 5) is 4.32. The predicted molar refractivity (Wildman–Crippen MR) is 82.6 cm³/mol. The Morgan fingerprint density at radius 3 is 3.00 bits per heavy atom. The fourth-order valence-electron chi connectivity index (χ4n) is 2.37. The lowest BCUT2D eigenvalue weighted by Crippen LogP contribution is -2.37. The van der Waals surface area contributed by atoms with Gasteiger partial charge in [-0.05, 0) is 32.7 Å². The lowest BCUT2D eigenvalue weighted by Gasteiger charge is -2.23. The molecule has 0 spiro atoms. The van der Waals surface area contributed by atoms with Crippen molar-refractivity contribution in [1.82, 2.24) is 15.0 Å². The maximum atomic E-state index is 11.9. The molecule has 0 radical (unpaired) electrons. The number of hydrogen-bond donors (Lipinski definition) is 2. The van der Waals surface area contributed by atoms with Gasteiger partial charge in [0.2, 0.25) is 10.0 Å². The van der Waals surface area contributed by atoms with Crippen LogP contribution in [0.3, 0.4) is 0 Å². The van der Waals surface area contributed by atoms with Gasteiger partial charge in [0.1, 0.15) is 0 Å². The van der Waals surface area contributed by atoms with Crippen LogP contribution in [0.1, 0.15) is 36.4 Å². The van der Waals surface area contributed by atoms with Crippen LogP contribution in [-0.4, -0.2) is 38.3 Å². The monoisotopic (exact) mass is 317 g/mol. The molecule has 0 saturated carbocycles. The summed E-state index contributed by atoms with van der Waals surface area (Å²) >= 11 is 1.58. The maximum absolute atomic E-state index is 11.9. The lowest BCUT2D eigenvalue weighted by molar-refractivity contribution is 0.392. The van der Waals surface area contributed by atoms with Gasteiger partial charge >= 0.3 is 0 Å². The van der Waals surface area contributed by atoms with Crippen LogP contribution in [0.15, 0.2) is 5.38 Å². The third kappa shape index (κ3) is 5.47. The molecule has 0 aliphatic carbocycles. The van der Waals surface area contributed by atoms with Crippen molar-refractivity contribution in [1.29, 1.82) is 0 Å². The van der Waals surface area contributed by atoms with Gasteiger partial charge in [0.25, 0.3) is 0 Å². The minimum absolute atomic E-state index is 0.210. The van der Waals surface area contributed by atoms with Gasteiger partial charge in [-0.3, -0.25) is 0 Å². The number of thiazole rings is 1. The molecule has 0 bridgehead atoms. The van der Waals surface area contributed by atoms with E-state index in [4.69, 9.17) is 0 Å². The van der Waals surface area contributed by atoms with E-state index in [1.54, 1.807) is 11.3 Å². The van der Waals surface area contributed by atoms with Gasteiger partial charge in [-0.2, -0.15) is 0 Å². The number of aromatic nitrogens is 1. The third-order valence-electron chi connectivity index (χ3n) is 3.47. The SMILES string of the molecule is Cc1csc(CCNS(=O)(=O)CCC2CCCCN2)n1. The van der Waals surface area contributed by atoms with E-state index in [1.165, 1.54) is 12.8 Å². The Hall–Kier alpha value is -0.500. The Morgan fingerprint density at radius 1 is 1.50 bits per heavy atom. The first-order valence-corrected chi connectivity index (χ1v) is 9.70. The van der Waals surface area contributed by atoms with Crippen LogP contribution in [0.25, 0.3) is 0 Å². The van der Waals surface area contributed by atoms with Crippen molar-refractivity contribution < 1.29 is 8.42 Å². The average Bonchev–Trinajstić information content (AvgIpc) is 2.83. The Bertz CT molecular complexity index is 507. The van der Waals surface area contributed by atoms with Crippen molar-refractivity contribution in [2.75, 3.05) is 18.8 Å². The summed E-state index contributed by atoms with van der Waals surface area (Å²) in [7, 11) is -3.16. The molecule has 1 aromatic rings. The van der Waals surface area contributed by atoms with Crippen LogP contribution < -0.4 is 10.0 Å². The summed E-state index contributed by atoms with van der Waals surface area (Å²) in [5, 5.41) is 6.35. The zero-order valence-corrected chi connectivity index (χ0v) is 13.5. The van der Waals surface area contributed by atoms with E-state index in [-0.39, 0.29) is 5.75 Å². The van der Waals surface area contributed by atoms with Gasteiger partial charge in [-0.25, -0.2) is 18.1 Å². The van der Waals surface area contributed by atoms with E-state index in [0.717, 1.165) is 23.7 Å². The molecule has 1 aliphatic rings. The molecule has 5 nitrogen and oxygen atoms in total. The van der Waals surface area contributed by atoms with Crippen molar-refractivity contribution in [2.45, 2.75) is 45.1 Å². The van der Waals surface area contributed by atoms with Crippen molar-refractivity contribution >= 4 is 21.4 Å². The van der Waals surface area contributed by atoms with Gasteiger partial charge in [-0.1, -0.05) is 6.42 Å². The summed E-state index contributed by atoms with van der Waals surface area (Å²) in [5.74, 6) is 0.210. The average molecular weight is 317 g/mol. The number of hydrogen-bond acceptors (Lipinski definition) is 5. The zero-order valence-electron chi connectivity index (χ0n) is 11.9. The molecular formula is C13H23N3O2S2. The van der Waals surface area contributed by atoms with Crippen LogP contribution in [0.5, 0.6) is 0 Å². The van der Waals surface area contributed by atoms with Crippen LogP contribution in [0.2, 0.25) is 0 Å². The van der Waals surface area contributed by atoms with E-state index in [0.29, 0.717) is 25.4 Å². The molecule has 1 saturated heterocycles. The first kappa shape index (κ1) is 15.9. The van der Waals surface area contributed by atoms with Crippen LogP contribution in [-0.2, 0) is 16.4 Å². The third-order valence-corrected chi connectivity index (χ3v) is 5.92. The molecule has 2 rings (SSSR count). The standard InChI is InChI=1S/C13H23N3O2S2/c1-11-10-19-13(16-11)5-8-15-20(17,18)9-6-12-4-2-3-7-14-12/h10,12,14-15H,2-9H2,1H3. The molecule has 20 heavy (non-hydrogen) atoms. The number of aryl methyl sites for hydroxylation is 1. The van der Waals surface area contributed by atoms with Crippen molar-refractivity contribution in [3.8, 4) is 0 Å². The molecule has 2 N–H and O–H groups in total. The topological polar surface area (TPSA) is 71.1 Å². The highest BCUT2D eigenvalue weighted by Crippen LogP contribution is 2.11. The van der Waals surface area contributed by atoms with Gasteiger partial charge in [0.05, 0.1) is 10.8 Å². The molecule has 1 unspecified atom stereocenters. The van der Waals surface area contributed by atoms with Crippen molar-refractivity contribution in [2.24, 2.45) is 0 Å². The summed E-state index contributed by atoms with van der Waals surface area (Å²) in [6.07, 6.45) is 4.86. The molecule has 1 aromatic heterocycles. The summed E-state index contributed by atoms with van der Waals surface area (Å²) in [5.41, 5.74) is 0.997. The number of sulfonamides is 1. The predicted octanol–water partition coefficient (Wildman–Crippen LogP) is 1.45. The highest BCUT2D eigenvalue weighted by atomic mass is 32.2. The van der Waals surface area contributed by atoms with Crippen LogP contribution >= 0.6 is 11.3 Å². The van der Waals surface area contributed by atoms with Gasteiger partial charge in [0.15, 0.2) is 0 Å². The second-order valence-corrected chi connectivity index (χ2v) is 8.15. The molecule has 1 fully saturated rings. The number of rotatable bonds is 7. The van der Waals surface area contributed by atoms with E-state index >= 15 is 0 Å². The molecule has 7 heteroatoms. The molecule has 0 aromatic carbocycles. The summed E-state index contributed by atoms with van der Waals surface area (Å²) in [6.45, 7) is 3.40. The zero-order chi connectivity index (χ0) is 14.4. The van der Waals surface area contributed by atoms with Crippen LogP contribution in [0, 0.1) is 6.92 Å². The van der Waals surface area contributed by atoms with E-state index in [1.807, 2.05) is 12.3 Å². The van der Waals surface area contributed by atoms with Crippen molar-refractivity contribution in [3.05, 3.63) is 16.1 Å². The normalized spacial score (nSPS) is 20.1. The molecule has 1 atom stereocenters. The Kier molecular flexibility index (Phi) is 5.95. The number of nitrogens with zero attached hydrogens (tertiary/aromatic N) is 1. The van der Waals surface area contributed by atoms with Crippen LogP contribution in [0.4, 0.5) is 0 Å². The quantitative estimate of drug-likeness (QED) is 0.798. The fraction of sp³-hybridized carbons (Fsp3) is 0.769. The number of piperidine rings is 1. The van der Waals surface area contributed by atoms with Crippen molar-refractivity contribution in [3.63, 3.8) is 0 Å². The van der Waals surface area contributed by atoms with Gasteiger partial charge in [0, 0.05) is 30.1 Å². The first-order valence-electron chi connectivity index (χ1n) is 7.17. The molecule has 2 heterocycles.